The summed E-state index contributed by atoms with van der Waals surface area (Å²) in [5.41, 5.74) is 4.67. The fourth-order valence-electron chi connectivity index (χ4n) is 2.95. The number of rotatable bonds is 9. The highest BCUT2D eigenvalue weighted by molar-refractivity contribution is 9.10. The zero-order valence-electron chi connectivity index (χ0n) is 17.0. The molecule has 0 aliphatic rings. The molecule has 0 aliphatic heterocycles. The van der Waals surface area contributed by atoms with Crippen LogP contribution in [0.15, 0.2) is 65.1 Å². The molecular weight excluding hydrogens is 430 g/mol. The SMILES string of the molecule is COc1ccc(CNCc2cc(Br)c(OCc3ccc(C)cc3)c(OC)c2)cc1. The smallest absolute Gasteiger partial charge is 0.175 e. The monoisotopic (exact) mass is 455 g/mol. The van der Waals surface area contributed by atoms with Crippen LogP contribution in [-0.2, 0) is 19.7 Å². The molecule has 4 nitrogen and oxygen atoms in total. The summed E-state index contributed by atoms with van der Waals surface area (Å²) in [7, 11) is 3.34. The Morgan fingerprint density at radius 3 is 2.10 bits per heavy atom. The van der Waals surface area contributed by atoms with Crippen LogP contribution in [0.5, 0.6) is 17.2 Å². The van der Waals surface area contributed by atoms with Crippen molar-refractivity contribution in [1.82, 2.24) is 5.32 Å². The van der Waals surface area contributed by atoms with Gasteiger partial charge in [0.2, 0.25) is 0 Å². The van der Waals surface area contributed by atoms with E-state index in [1.165, 1.54) is 11.1 Å². The van der Waals surface area contributed by atoms with Gasteiger partial charge in [-0.3, -0.25) is 0 Å². The van der Waals surface area contributed by atoms with Crippen LogP contribution in [0, 0.1) is 6.92 Å². The van der Waals surface area contributed by atoms with Crippen molar-refractivity contribution in [2.24, 2.45) is 0 Å². The first kappa shape index (κ1) is 21.2. The number of hydrogen-bond acceptors (Lipinski definition) is 4. The molecule has 5 heteroatoms. The van der Waals surface area contributed by atoms with Gasteiger partial charge in [0.1, 0.15) is 12.4 Å². The Labute approximate surface area is 180 Å². The van der Waals surface area contributed by atoms with Crippen molar-refractivity contribution in [3.63, 3.8) is 0 Å². The molecule has 0 aromatic heterocycles. The van der Waals surface area contributed by atoms with Crippen LogP contribution in [0.25, 0.3) is 0 Å². The molecule has 1 N–H and O–H groups in total. The number of nitrogens with one attached hydrogen (secondary N) is 1. The van der Waals surface area contributed by atoms with E-state index in [0.29, 0.717) is 18.1 Å². The third kappa shape index (κ3) is 5.99. The average Bonchev–Trinajstić information content (AvgIpc) is 2.74. The van der Waals surface area contributed by atoms with E-state index in [4.69, 9.17) is 14.2 Å². The third-order valence-corrected chi connectivity index (χ3v) is 5.20. The van der Waals surface area contributed by atoms with E-state index in [2.05, 4.69) is 70.6 Å². The quantitative estimate of drug-likeness (QED) is 0.452. The van der Waals surface area contributed by atoms with Crippen LogP contribution in [0.4, 0.5) is 0 Å². The lowest BCUT2D eigenvalue weighted by atomic mass is 10.1. The van der Waals surface area contributed by atoms with Crippen molar-refractivity contribution < 1.29 is 14.2 Å². The second kappa shape index (κ2) is 10.3. The second-order valence-electron chi connectivity index (χ2n) is 6.83. The minimum Gasteiger partial charge on any atom is -0.497 e. The van der Waals surface area contributed by atoms with Gasteiger partial charge in [0.15, 0.2) is 11.5 Å². The summed E-state index contributed by atoms with van der Waals surface area (Å²) in [6.45, 7) is 4.06. The maximum absolute atomic E-state index is 6.03. The normalized spacial score (nSPS) is 10.6. The van der Waals surface area contributed by atoms with Gasteiger partial charge in [-0.15, -0.1) is 0 Å². The molecule has 0 heterocycles. The zero-order valence-corrected chi connectivity index (χ0v) is 18.6. The van der Waals surface area contributed by atoms with E-state index in [9.17, 15) is 0 Å². The highest BCUT2D eigenvalue weighted by atomic mass is 79.9. The van der Waals surface area contributed by atoms with Crippen molar-refractivity contribution >= 4 is 15.9 Å². The Morgan fingerprint density at radius 2 is 1.45 bits per heavy atom. The summed E-state index contributed by atoms with van der Waals surface area (Å²) >= 11 is 3.63. The van der Waals surface area contributed by atoms with Gasteiger partial charge in [-0.1, -0.05) is 42.0 Å². The number of halogens is 1. The number of ether oxygens (including phenoxy) is 3. The third-order valence-electron chi connectivity index (χ3n) is 4.61. The van der Waals surface area contributed by atoms with E-state index in [-0.39, 0.29) is 0 Å². The van der Waals surface area contributed by atoms with E-state index in [1.807, 2.05) is 18.2 Å². The molecule has 0 atom stereocenters. The summed E-state index contributed by atoms with van der Waals surface area (Å²) < 4.78 is 17.7. The molecule has 0 unspecified atom stereocenters. The van der Waals surface area contributed by atoms with Crippen LogP contribution in [0.1, 0.15) is 22.3 Å². The molecule has 0 saturated carbocycles. The predicted molar refractivity (Wildman–Crippen MR) is 120 cm³/mol. The molecule has 0 spiro atoms. The zero-order chi connectivity index (χ0) is 20.6. The molecule has 3 rings (SSSR count). The Hall–Kier alpha value is -2.50. The standard InChI is InChI=1S/C24H26BrNO3/c1-17-4-6-19(7-5-17)16-29-24-22(25)12-20(13-23(24)28-3)15-26-14-18-8-10-21(27-2)11-9-18/h4-13,26H,14-16H2,1-3H3. The van der Waals surface area contributed by atoms with Gasteiger partial charge >= 0.3 is 0 Å². The number of methoxy groups -OCH3 is 2. The highest BCUT2D eigenvalue weighted by Crippen LogP contribution is 2.37. The lowest BCUT2D eigenvalue weighted by molar-refractivity contribution is 0.282. The maximum Gasteiger partial charge on any atom is 0.175 e. The first-order valence-corrected chi connectivity index (χ1v) is 10.3. The van der Waals surface area contributed by atoms with E-state index in [0.717, 1.165) is 34.4 Å². The average molecular weight is 456 g/mol. The molecule has 3 aromatic carbocycles. The van der Waals surface area contributed by atoms with Crippen LogP contribution >= 0.6 is 15.9 Å². The summed E-state index contributed by atoms with van der Waals surface area (Å²) in [6.07, 6.45) is 0. The fraction of sp³-hybridized carbons (Fsp3) is 0.250. The van der Waals surface area contributed by atoms with E-state index >= 15 is 0 Å². The van der Waals surface area contributed by atoms with Crippen molar-refractivity contribution in [3.8, 4) is 17.2 Å². The predicted octanol–water partition coefficient (Wildman–Crippen LogP) is 5.64. The summed E-state index contributed by atoms with van der Waals surface area (Å²) in [5.74, 6) is 2.29. The molecule has 29 heavy (non-hydrogen) atoms. The Balaban J connectivity index is 1.61. The lowest BCUT2D eigenvalue weighted by Crippen LogP contribution is -2.13. The highest BCUT2D eigenvalue weighted by Gasteiger charge is 2.12. The minimum absolute atomic E-state index is 0.490. The molecule has 0 radical (unpaired) electrons. The Kier molecular flexibility index (Phi) is 7.55. The van der Waals surface area contributed by atoms with E-state index < -0.39 is 0 Å². The van der Waals surface area contributed by atoms with Crippen molar-refractivity contribution in [3.05, 3.63) is 87.4 Å². The van der Waals surface area contributed by atoms with Crippen LogP contribution < -0.4 is 19.5 Å². The van der Waals surface area contributed by atoms with Gasteiger partial charge in [-0.2, -0.15) is 0 Å². The van der Waals surface area contributed by atoms with Crippen molar-refractivity contribution in [2.75, 3.05) is 14.2 Å². The van der Waals surface area contributed by atoms with E-state index in [1.54, 1.807) is 14.2 Å². The lowest BCUT2D eigenvalue weighted by Gasteiger charge is -2.15. The largest absolute Gasteiger partial charge is 0.497 e. The molecule has 152 valence electrons. The first-order valence-electron chi connectivity index (χ1n) is 9.47. The van der Waals surface area contributed by atoms with Gasteiger partial charge in [0.25, 0.3) is 0 Å². The van der Waals surface area contributed by atoms with Crippen molar-refractivity contribution in [2.45, 2.75) is 26.6 Å². The summed E-state index contributed by atoms with van der Waals surface area (Å²) in [6, 6.07) is 20.5. The van der Waals surface area contributed by atoms with Crippen LogP contribution in [0.2, 0.25) is 0 Å². The maximum atomic E-state index is 6.03. The molecule has 3 aromatic rings. The van der Waals surface area contributed by atoms with Gasteiger partial charge < -0.3 is 19.5 Å². The molecular formula is C24H26BrNO3. The Morgan fingerprint density at radius 1 is 0.793 bits per heavy atom. The Bertz CT molecular complexity index is 924. The number of aryl methyl sites for hydroxylation is 1. The molecule has 0 amide bonds. The second-order valence-corrected chi connectivity index (χ2v) is 7.69. The summed E-state index contributed by atoms with van der Waals surface area (Å²) in [5, 5.41) is 3.46. The molecule has 0 aliphatic carbocycles. The number of benzene rings is 3. The molecule has 0 fully saturated rings. The first-order chi connectivity index (χ1) is 14.1. The van der Waals surface area contributed by atoms with Gasteiger partial charge in [-0.05, 0) is 63.8 Å². The van der Waals surface area contributed by atoms with Crippen LogP contribution in [0.3, 0.4) is 0 Å². The van der Waals surface area contributed by atoms with Gasteiger partial charge in [0.05, 0.1) is 18.7 Å². The minimum atomic E-state index is 0.490. The van der Waals surface area contributed by atoms with Crippen LogP contribution in [-0.4, -0.2) is 14.2 Å². The van der Waals surface area contributed by atoms with Gasteiger partial charge in [0, 0.05) is 13.1 Å². The van der Waals surface area contributed by atoms with Crippen molar-refractivity contribution in [1.29, 1.82) is 0 Å². The number of hydrogen-bond donors (Lipinski definition) is 1. The molecule has 0 bridgehead atoms. The molecule has 0 saturated heterocycles. The fourth-order valence-corrected chi connectivity index (χ4v) is 3.55. The topological polar surface area (TPSA) is 39.7 Å². The summed E-state index contributed by atoms with van der Waals surface area (Å²) in [4.78, 5) is 0. The van der Waals surface area contributed by atoms with Gasteiger partial charge in [-0.25, -0.2) is 0 Å².